The molecular formula is C9H8BrN3O2. The Bertz CT molecular complexity index is 441. The smallest absolute Gasteiger partial charge is 0.266 e. The van der Waals surface area contributed by atoms with Gasteiger partial charge in [0, 0.05) is 17.8 Å². The van der Waals surface area contributed by atoms with Gasteiger partial charge in [0.05, 0.1) is 0 Å². The predicted molar refractivity (Wildman–Crippen MR) is 55.9 cm³/mol. The second-order valence-electron chi connectivity index (χ2n) is 2.80. The van der Waals surface area contributed by atoms with Crippen LogP contribution < -0.4 is 0 Å². The molecule has 0 amide bonds. The van der Waals surface area contributed by atoms with E-state index in [1.807, 2.05) is 6.07 Å². The third-order valence-electron chi connectivity index (χ3n) is 1.68. The lowest BCUT2D eigenvalue weighted by atomic mass is 10.3. The normalized spacial score (nSPS) is 10.5. The average molecular weight is 270 g/mol. The number of ether oxygens (including phenoxy) is 1. The van der Waals surface area contributed by atoms with Crippen molar-refractivity contribution in [2.45, 2.75) is 6.61 Å². The zero-order chi connectivity index (χ0) is 10.7. The first-order valence-corrected chi connectivity index (χ1v) is 5.02. The molecule has 0 spiro atoms. The van der Waals surface area contributed by atoms with Gasteiger partial charge in [-0.2, -0.15) is 0 Å². The Morgan fingerprint density at radius 1 is 1.40 bits per heavy atom. The fourth-order valence-electron chi connectivity index (χ4n) is 1.04. The Balaban J connectivity index is 2.25. The minimum absolute atomic E-state index is 0.309. The molecule has 2 aromatic heterocycles. The highest BCUT2D eigenvalue weighted by Crippen LogP contribution is 2.17. The Morgan fingerprint density at radius 3 is 2.93 bits per heavy atom. The molecule has 5 nitrogen and oxygen atoms in total. The molecule has 0 atom stereocenters. The summed E-state index contributed by atoms with van der Waals surface area (Å²) >= 11 is 3.30. The molecule has 0 aliphatic heterocycles. The van der Waals surface area contributed by atoms with E-state index in [1.54, 1.807) is 19.4 Å². The van der Waals surface area contributed by atoms with Crippen LogP contribution in [-0.4, -0.2) is 22.3 Å². The van der Waals surface area contributed by atoms with E-state index in [0.717, 1.165) is 4.47 Å². The van der Waals surface area contributed by atoms with Crippen molar-refractivity contribution in [2.24, 2.45) is 0 Å². The number of aromatic nitrogens is 3. The van der Waals surface area contributed by atoms with E-state index >= 15 is 0 Å². The number of hydrogen-bond acceptors (Lipinski definition) is 5. The van der Waals surface area contributed by atoms with Crippen molar-refractivity contribution in [1.29, 1.82) is 0 Å². The summed E-state index contributed by atoms with van der Waals surface area (Å²) in [5, 5.41) is 7.67. The van der Waals surface area contributed by atoms with Gasteiger partial charge < -0.3 is 9.15 Å². The average Bonchev–Trinajstić information content (AvgIpc) is 2.68. The van der Waals surface area contributed by atoms with Crippen LogP contribution in [0.2, 0.25) is 0 Å². The summed E-state index contributed by atoms with van der Waals surface area (Å²) in [6, 6.07) is 3.66. The molecule has 0 N–H and O–H groups in total. The third-order valence-corrected chi connectivity index (χ3v) is 2.15. The van der Waals surface area contributed by atoms with Gasteiger partial charge in [-0.05, 0) is 28.1 Å². The van der Waals surface area contributed by atoms with E-state index in [4.69, 9.17) is 9.15 Å². The minimum atomic E-state index is 0.309. The van der Waals surface area contributed by atoms with E-state index < -0.39 is 0 Å². The molecule has 2 rings (SSSR count). The van der Waals surface area contributed by atoms with Gasteiger partial charge in [-0.1, -0.05) is 0 Å². The van der Waals surface area contributed by atoms with Crippen molar-refractivity contribution in [3.8, 4) is 11.6 Å². The predicted octanol–water partition coefficient (Wildman–Crippen LogP) is 2.04. The van der Waals surface area contributed by atoms with Crippen molar-refractivity contribution >= 4 is 15.9 Å². The fraction of sp³-hybridized carbons (Fsp3) is 0.222. The van der Waals surface area contributed by atoms with Gasteiger partial charge in [0.25, 0.3) is 5.89 Å². The maximum Gasteiger partial charge on any atom is 0.266 e. The number of halogens is 1. The second-order valence-corrected chi connectivity index (χ2v) is 3.71. The van der Waals surface area contributed by atoms with Crippen molar-refractivity contribution in [1.82, 2.24) is 15.2 Å². The molecule has 0 saturated carbocycles. The first-order chi connectivity index (χ1) is 7.29. The van der Waals surface area contributed by atoms with Crippen LogP contribution in [0.3, 0.4) is 0 Å². The molecule has 15 heavy (non-hydrogen) atoms. The van der Waals surface area contributed by atoms with Crippen LogP contribution in [0, 0.1) is 0 Å². The number of pyridine rings is 1. The fourth-order valence-corrected chi connectivity index (χ4v) is 1.28. The highest BCUT2D eigenvalue weighted by molar-refractivity contribution is 9.10. The van der Waals surface area contributed by atoms with E-state index in [0.29, 0.717) is 24.1 Å². The first kappa shape index (κ1) is 10.3. The van der Waals surface area contributed by atoms with Crippen LogP contribution >= 0.6 is 15.9 Å². The number of rotatable bonds is 3. The van der Waals surface area contributed by atoms with Crippen LogP contribution in [0.25, 0.3) is 11.6 Å². The van der Waals surface area contributed by atoms with Gasteiger partial charge in [-0.25, -0.2) is 4.98 Å². The first-order valence-electron chi connectivity index (χ1n) is 4.23. The minimum Gasteiger partial charge on any atom is -0.417 e. The van der Waals surface area contributed by atoms with E-state index in [-0.39, 0.29) is 0 Å². The third kappa shape index (κ3) is 2.40. The van der Waals surface area contributed by atoms with Crippen LogP contribution in [0.15, 0.2) is 27.2 Å². The molecule has 0 aliphatic rings. The monoisotopic (exact) mass is 269 g/mol. The van der Waals surface area contributed by atoms with E-state index in [2.05, 4.69) is 31.1 Å². The molecule has 78 valence electrons. The van der Waals surface area contributed by atoms with Crippen molar-refractivity contribution in [3.05, 3.63) is 28.7 Å². The lowest BCUT2D eigenvalue weighted by molar-refractivity contribution is 0.160. The molecule has 0 aromatic carbocycles. The maximum atomic E-state index is 5.32. The molecule has 2 aromatic rings. The van der Waals surface area contributed by atoms with Crippen molar-refractivity contribution in [2.75, 3.05) is 7.11 Å². The lowest BCUT2D eigenvalue weighted by Gasteiger charge is -1.93. The topological polar surface area (TPSA) is 61.0 Å². The molecule has 0 saturated heterocycles. The maximum absolute atomic E-state index is 5.32. The molecule has 6 heteroatoms. The molecule has 0 aliphatic carbocycles. The molecule has 0 bridgehead atoms. The largest absolute Gasteiger partial charge is 0.417 e. The van der Waals surface area contributed by atoms with Crippen molar-refractivity contribution < 1.29 is 9.15 Å². The van der Waals surface area contributed by atoms with Gasteiger partial charge in [-0.3, -0.25) is 0 Å². The SMILES string of the molecule is COCc1nnc(-c2ccc(Br)cn2)o1. The number of nitrogens with zero attached hydrogens (tertiary/aromatic N) is 3. The summed E-state index contributed by atoms with van der Waals surface area (Å²) in [7, 11) is 1.57. The van der Waals surface area contributed by atoms with Crippen LogP contribution in [0.1, 0.15) is 5.89 Å². The van der Waals surface area contributed by atoms with Gasteiger partial charge >= 0.3 is 0 Å². The Morgan fingerprint density at radius 2 is 2.27 bits per heavy atom. The Kier molecular flexibility index (Phi) is 3.08. The Labute approximate surface area is 94.6 Å². The van der Waals surface area contributed by atoms with Gasteiger partial charge in [0.2, 0.25) is 5.89 Å². The molecular weight excluding hydrogens is 262 g/mol. The van der Waals surface area contributed by atoms with Gasteiger partial charge in [0.1, 0.15) is 12.3 Å². The standard InChI is InChI=1S/C9H8BrN3O2/c1-14-5-8-12-13-9(15-8)7-3-2-6(10)4-11-7/h2-4H,5H2,1H3. The molecule has 0 unspecified atom stereocenters. The lowest BCUT2D eigenvalue weighted by Crippen LogP contribution is -1.85. The summed E-state index contributed by atoms with van der Waals surface area (Å²) in [4.78, 5) is 4.14. The Hall–Kier alpha value is -1.27. The summed E-state index contributed by atoms with van der Waals surface area (Å²) in [5.41, 5.74) is 0.646. The summed E-state index contributed by atoms with van der Waals surface area (Å²) in [6.07, 6.45) is 1.68. The van der Waals surface area contributed by atoms with Gasteiger partial charge in [-0.15, -0.1) is 10.2 Å². The molecule has 2 heterocycles. The van der Waals surface area contributed by atoms with E-state index in [1.165, 1.54) is 0 Å². The van der Waals surface area contributed by atoms with Gasteiger partial charge in [0.15, 0.2) is 0 Å². The summed E-state index contributed by atoms with van der Waals surface area (Å²) in [6.45, 7) is 0.309. The highest BCUT2D eigenvalue weighted by atomic mass is 79.9. The van der Waals surface area contributed by atoms with Crippen LogP contribution in [0.4, 0.5) is 0 Å². The summed E-state index contributed by atoms with van der Waals surface area (Å²) < 4.78 is 11.1. The zero-order valence-corrected chi connectivity index (χ0v) is 9.56. The molecule has 0 radical (unpaired) electrons. The molecule has 0 fully saturated rings. The zero-order valence-electron chi connectivity index (χ0n) is 7.98. The van der Waals surface area contributed by atoms with Crippen LogP contribution in [-0.2, 0) is 11.3 Å². The second kappa shape index (κ2) is 4.50. The van der Waals surface area contributed by atoms with E-state index in [9.17, 15) is 0 Å². The number of hydrogen-bond donors (Lipinski definition) is 0. The summed E-state index contributed by atoms with van der Waals surface area (Å²) in [5.74, 6) is 0.840. The quantitative estimate of drug-likeness (QED) is 0.854. The van der Waals surface area contributed by atoms with Crippen molar-refractivity contribution in [3.63, 3.8) is 0 Å². The highest BCUT2D eigenvalue weighted by Gasteiger charge is 2.08. The van der Waals surface area contributed by atoms with Crippen LogP contribution in [0.5, 0.6) is 0 Å². The number of methoxy groups -OCH3 is 1.